The van der Waals surface area contributed by atoms with E-state index < -0.39 is 0 Å². The Morgan fingerprint density at radius 3 is 2.53 bits per heavy atom. The minimum Gasteiger partial charge on any atom is -0.396 e. The van der Waals surface area contributed by atoms with Gasteiger partial charge < -0.3 is 20.5 Å². The Kier molecular flexibility index (Phi) is 2.23. The molecule has 3 rings (SSSR count). The first kappa shape index (κ1) is 10.4. The third-order valence-electron chi connectivity index (χ3n) is 3.42. The minimum absolute atomic E-state index is 0.0456. The minimum atomic E-state index is 0.0456. The largest absolute Gasteiger partial charge is 0.396 e. The smallest absolute Gasteiger partial charge is 0.165 e. The third kappa shape index (κ3) is 1.39. The first-order valence-electron chi connectivity index (χ1n) is 5.42. The average molecular weight is 235 g/mol. The molecule has 1 aliphatic carbocycles. The van der Waals surface area contributed by atoms with Gasteiger partial charge in [-0.3, -0.25) is 0 Å². The number of aliphatic hydroxyl groups is 2. The van der Waals surface area contributed by atoms with Crippen molar-refractivity contribution in [2.45, 2.75) is 6.04 Å². The summed E-state index contributed by atoms with van der Waals surface area (Å²) in [6.07, 6.45) is 3.03. The molecule has 0 spiro atoms. The van der Waals surface area contributed by atoms with Crippen molar-refractivity contribution in [2.75, 3.05) is 18.9 Å². The summed E-state index contributed by atoms with van der Waals surface area (Å²) in [5, 5.41) is 18.4. The van der Waals surface area contributed by atoms with Crippen molar-refractivity contribution in [3.8, 4) is 0 Å². The summed E-state index contributed by atoms with van der Waals surface area (Å²) in [7, 11) is 0. The quantitative estimate of drug-likeness (QED) is 0.641. The lowest BCUT2D eigenvalue weighted by atomic mass is 10.3. The Balaban J connectivity index is 2.05. The molecule has 7 heteroatoms. The van der Waals surface area contributed by atoms with Gasteiger partial charge >= 0.3 is 0 Å². The molecule has 90 valence electrons. The summed E-state index contributed by atoms with van der Waals surface area (Å²) in [6, 6.07) is 0.0456. The van der Waals surface area contributed by atoms with Crippen LogP contribution in [0.5, 0.6) is 0 Å². The van der Waals surface area contributed by atoms with Gasteiger partial charge in [-0.25, -0.2) is 15.0 Å². The van der Waals surface area contributed by atoms with Crippen LogP contribution in [-0.4, -0.2) is 42.9 Å². The van der Waals surface area contributed by atoms with Crippen LogP contribution in [0.15, 0.2) is 12.7 Å². The Morgan fingerprint density at radius 1 is 1.18 bits per heavy atom. The normalized spacial score (nSPS) is 27.5. The molecule has 2 aromatic rings. The molecule has 2 aromatic heterocycles. The van der Waals surface area contributed by atoms with Crippen molar-refractivity contribution in [3.05, 3.63) is 12.7 Å². The maximum atomic E-state index is 9.20. The Morgan fingerprint density at radius 2 is 1.88 bits per heavy atom. The van der Waals surface area contributed by atoms with Gasteiger partial charge in [0, 0.05) is 31.1 Å². The van der Waals surface area contributed by atoms with E-state index in [2.05, 4.69) is 15.0 Å². The van der Waals surface area contributed by atoms with Crippen LogP contribution in [0, 0.1) is 11.8 Å². The van der Waals surface area contributed by atoms with Crippen LogP contribution >= 0.6 is 0 Å². The standard InChI is InChI=1S/C10H13N5O2/c11-9-7-10(13-3-12-9)15(4-14-7)8-5(1-16)6(8)2-17/h3-6,8,16-17H,1-2H2,(H2,11,12,13). The second-order valence-corrected chi connectivity index (χ2v) is 4.27. The van der Waals surface area contributed by atoms with Crippen molar-refractivity contribution >= 4 is 17.0 Å². The number of anilines is 1. The summed E-state index contributed by atoms with van der Waals surface area (Å²) in [5.74, 6) is 0.470. The second-order valence-electron chi connectivity index (χ2n) is 4.27. The Bertz CT molecular complexity index is 545. The molecule has 0 saturated heterocycles. The number of rotatable bonds is 3. The molecule has 0 amide bonds. The zero-order valence-electron chi connectivity index (χ0n) is 9.06. The summed E-state index contributed by atoms with van der Waals surface area (Å²) in [6.45, 7) is 0.103. The Labute approximate surface area is 96.9 Å². The third-order valence-corrected chi connectivity index (χ3v) is 3.42. The highest BCUT2D eigenvalue weighted by molar-refractivity contribution is 5.81. The van der Waals surface area contributed by atoms with E-state index in [0.29, 0.717) is 17.0 Å². The lowest BCUT2D eigenvalue weighted by Gasteiger charge is -2.01. The molecule has 4 N–H and O–H groups in total. The predicted molar refractivity (Wildman–Crippen MR) is 59.9 cm³/mol. The second kappa shape index (κ2) is 3.64. The monoisotopic (exact) mass is 235 g/mol. The average Bonchev–Trinajstić information content (AvgIpc) is 2.89. The number of hydrogen-bond donors (Lipinski definition) is 3. The highest BCUT2D eigenvalue weighted by Gasteiger charge is 2.51. The van der Waals surface area contributed by atoms with Gasteiger partial charge in [-0.1, -0.05) is 0 Å². The molecular weight excluding hydrogens is 222 g/mol. The van der Waals surface area contributed by atoms with Crippen molar-refractivity contribution < 1.29 is 10.2 Å². The van der Waals surface area contributed by atoms with Crippen LogP contribution in [0.3, 0.4) is 0 Å². The van der Waals surface area contributed by atoms with Gasteiger partial charge in [0.1, 0.15) is 11.8 Å². The SMILES string of the molecule is Nc1ncnc2c1ncn2C1C(CO)C1CO. The molecule has 1 fully saturated rings. The highest BCUT2D eigenvalue weighted by Crippen LogP contribution is 2.50. The van der Waals surface area contributed by atoms with Crippen LogP contribution in [0.2, 0.25) is 0 Å². The zero-order chi connectivity index (χ0) is 12.0. The molecule has 2 atom stereocenters. The van der Waals surface area contributed by atoms with Gasteiger partial charge in [0.25, 0.3) is 0 Å². The molecule has 1 saturated carbocycles. The topological polar surface area (TPSA) is 110 Å². The zero-order valence-corrected chi connectivity index (χ0v) is 9.06. The van der Waals surface area contributed by atoms with E-state index in [1.165, 1.54) is 6.33 Å². The fourth-order valence-electron chi connectivity index (χ4n) is 2.41. The van der Waals surface area contributed by atoms with Crippen LogP contribution in [0.4, 0.5) is 5.82 Å². The number of imidazole rings is 1. The predicted octanol–water partition coefficient (Wildman–Crippen LogP) is -0.820. The summed E-state index contributed by atoms with van der Waals surface area (Å²) >= 11 is 0. The maximum Gasteiger partial charge on any atom is 0.165 e. The first-order valence-corrected chi connectivity index (χ1v) is 5.42. The fraction of sp³-hybridized carbons (Fsp3) is 0.500. The number of aromatic nitrogens is 4. The molecule has 0 bridgehead atoms. The molecule has 0 radical (unpaired) electrons. The number of nitrogens with zero attached hydrogens (tertiary/aromatic N) is 4. The summed E-state index contributed by atoms with van der Waals surface area (Å²) < 4.78 is 1.86. The van der Waals surface area contributed by atoms with E-state index in [-0.39, 0.29) is 31.1 Å². The number of fused-ring (bicyclic) bond motifs is 1. The van der Waals surface area contributed by atoms with E-state index in [0.717, 1.165) is 0 Å². The van der Waals surface area contributed by atoms with E-state index in [9.17, 15) is 10.2 Å². The fourth-order valence-corrected chi connectivity index (χ4v) is 2.41. The van der Waals surface area contributed by atoms with Gasteiger partial charge in [-0.15, -0.1) is 0 Å². The van der Waals surface area contributed by atoms with Crippen molar-refractivity contribution in [1.29, 1.82) is 0 Å². The molecule has 2 heterocycles. The lowest BCUT2D eigenvalue weighted by Crippen LogP contribution is -2.00. The van der Waals surface area contributed by atoms with Crippen molar-refractivity contribution in [2.24, 2.45) is 11.8 Å². The molecule has 2 unspecified atom stereocenters. The Hall–Kier alpha value is -1.73. The molecular formula is C10H13N5O2. The molecule has 0 aliphatic heterocycles. The lowest BCUT2D eigenvalue weighted by molar-refractivity contribution is 0.232. The highest BCUT2D eigenvalue weighted by atomic mass is 16.3. The molecule has 7 nitrogen and oxygen atoms in total. The number of hydrogen-bond acceptors (Lipinski definition) is 6. The van der Waals surface area contributed by atoms with Gasteiger partial charge in [0.15, 0.2) is 11.5 Å². The van der Waals surface area contributed by atoms with Crippen LogP contribution in [0.1, 0.15) is 6.04 Å². The summed E-state index contributed by atoms with van der Waals surface area (Å²) in [4.78, 5) is 12.2. The van der Waals surface area contributed by atoms with E-state index in [4.69, 9.17) is 5.73 Å². The van der Waals surface area contributed by atoms with Crippen LogP contribution in [-0.2, 0) is 0 Å². The number of nitrogens with two attached hydrogens (primary N) is 1. The van der Waals surface area contributed by atoms with Gasteiger partial charge in [-0.05, 0) is 0 Å². The van der Waals surface area contributed by atoms with Gasteiger partial charge in [0.2, 0.25) is 0 Å². The molecule has 1 aliphatic rings. The van der Waals surface area contributed by atoms with Crippen molar-refractivity contribution in [3.63, 3.8) is 0 Å². The van der Waals surface area contributed by atoms with Crippen LogP contribution < -0.4 is 5.73 Å². The number of aliphatic hydroxyl groups excluding tert-OH is 2. The van der Waals surface area contributed by atoms with Crippen molar-refractivity contribution in [1.82, 2.24) is 19.5 Å². The van der Waals surface area contributed by atoms with Gasteiger partial charge in [0.05, 0.1) is 6.33 Å². The maximum absolute atomic E-state index is 9.20. The van der Waals surface area contributed by atoms with E-state index in [1.54, 1.807) is 6.33 Å². The van der Waals surface area contributed by atoms with E-state index >= 15 is 0 Å². The number of nitrogen functional groups attached to an aromatic ring is 1. The molecule has 17 heavy (non-hydrogen) atoms. The molecule has 0 aromatic carbocycles. The first-order chi connectivity index (χ1) is 8.27. The van der Waals surface area contributed by atoms with E-state index in [1.807, 2.05) is 4.57 Å². The summed E-state index contributed by atoms with van der Waals surface area (Å²) in [5.41, 5.74) is 6.91. The van der Waals surface area contributed by atoms with Gasteiger partial charge in [-0.2, -0.15) is 0 Å². The van der Waals surface area contributed by atoms with Crippen LogP contribution in [0.25, 0.3) is 11.2 Å².